The molecule has 0 aromatic heterocycles. The van der Waals surface area contributed by atoms with E-state index in [4.69, 9.17) is 9.47 Å². The number of rotatable bonds is 5. The molecule has 4 nitrogen and oxygen atoms in total. The van der Waals surface area contributed by atoms with Gasteiger partial charge in [-0.25, -0.2) is 4.79 Å². The Kier molecular flexibility index (Phi) is 3.27. The summed E-state index contributed by atoms with van der Waals surface area (Å²) in [5, 5.41) is 0. The minimum absolute atomic E-state index is 0.385. The van der Waals surface area contributed by atoms with Gasteiger partial charge in [0.25, 0.3) is 0 Å². The highest BCUT2D eigenvalue weighted by Crippen LogP contribution is 2.51. The molecule has 0 saturated heterocycles. The van der Waals surface area contributed by atoms with Gasteiger partial charge in [0.1, 0.15) is 5.75 Å². The van der Waals surface area contributed by atoms with Crippen LogP contribution in [0, 0.1) is 0 Å². The third kappa shape index (κ3) is 2.23. The van der Waals surface area contributed by atoms with Gasteiger partial charge in [-0.2, -0.15) is 4.99 Å². The zero-order valence-corrected chi connectivity index (χ0v) is 10.0. The normalized spacial score (nSPS) is 16.1. The Morgan fingerprint density at radius 3 is 2.71 bits per heavy atom. The van der Waals surface area contributed by atoms with Crippen LogP contribution in [0.1, 0.15) is 24.0 Å². The molecule has 0 spiro atoms. The maximum Gasteiger partial charge on any atom is 0.235 e. The van der Waals surface area contributed by atoms with Crippen molar-refractivity contribution in [2.45, 2.75) is 25.0 Å². The van der Waals surface area contributed by atoms with Crippen molar-refractivity contribution >= 4 is 6.08 Å². The Balaban J connectivity index is 2.45. The number of nitrogens with zero attached hydrogens (tertiary/aromatic N) is 1. The van der Waals surface area contributed by atoms with Gasteiger partial charge in [0, 0.05) is 7.11 Å². The third-order valence-electron chi connectivity index (χ3n) is 3.10. The van der Waals surface area contributed by atoms with E-state index in [1.807, 2.05) is 18.2 Å². The summed E-state index contributed by atoms with van der Waals surface area (Å²) in [7, 11) is 3.27. The molecule has 0 bridgehead atoms. The SMILES string of the molecule is COCc1ccc(OC)cc1C1(N=C=O)CC1. The zero-order valence-electron chi connectivity index (χ0n) is 10.0. The quantitative estimate of drug-likeness (QED) is 0.578. The Morgan fingerprint density at radius 1 is 1.41 bits per heavy atom. The second-order valence-electron chi connectivity index (χ2n) is 4.19. The molecular formula is C13H15NO3. The molecule has 1 aromatic rings. The van der Waals surface area contributed by atoms with E-state index in [-0.39, 0.29) is 5.54 Å². The average molecular weight is 233 g/mol. The fraction of sp³-hybridized carbons (Fsp3) is 0.462. The molecule has 0 radical (unpaired) electrons. The van der Waals surface area contributed by atoms with E-state index in [0.29, 0.717) is 6.61 Å². The van der Waals surface area contributed by atoms with Crippen LogP contribution in [-0.4, -0.2) is 20.3 Å². The Hall–Kier alpha value is -1.64. The molecule has 2 rings (SSSR count). The molecule has 17 heavy (non-hydrogen) atoms. The van der Waals surface area contributed by atoms with Crippen LogP contribution in [0.5, 0.6) is 5.75 Å². The van der Waals surface area contributed by atoms with E-state index in [2.05, 4.69) is 4.99 Å². The van der Waals surface area contributed by atoms with Gasteiger partial charge < -0.3 is 9.47 Å². The molecule has 1 aliphatic rings. The van der Waals surface area contributed by atoms with Crippen molar-refractivity contribution in [3.8, 4) is 5.75 Å². The van der Waals surface area contributed by atoms with Crippen molar-refractivity contribution in [2.24, 2.45) is 4.99 Å². The van der Waals surface area contributed by atoms with Crippen LogP contribution in [-0.2, 0) is 21.7 Å². The lowest BCUT2D eigenvalue weighted by atomic mass is 9.98. The molecule has 0 atom stereocenters. The summed E-state index contributed by atoms with van der Waals surface area (Å²) in [5.41, 5.74) is 1.68. The van der Waals surface area contributed by atoms with E-state index >= 15 is 0 Å². The van der Waals surface area contributed by atoms with Crippen LogP contribution in [0.25, 0.3) is 0 Å². The monoisotopic (exact) mass is 233 g/mol. The minimum Gasteiger partial charge on any atom is -0.497 e. The second kappa shape index (κ2) is 4.70. The molecule has 4 heteroatoms. The fourth-order valence-electron chi connectivity index (χ4n) is 2.04. The highest BCUT2D eigenvalue weighted by molar-refractivity contribution is 5.47. The highest BCUT2D eigenvalue weighted by atomic mass is 16.5. The van der Waals surface area contributed by atoms with E-state index in [0.717, 1.165) is 29.7 Å². The van der Waals surface area contributed by atoms with E-state index in [9.17, 15) is 4.79 Å². The molecule has 0 unspecified atom stereocenters. The minimum atomic E-state index is -0.385. The van der Waals surface area contributed by atoms with Gasteiger partial charge in [-0.15, -0.1) is 0 Å². The summed E-state index contributed by atoms with van der Waals surface area (Å²) in [4.78, 5) is 14.4. The molecule has 90 valence electrons. The summed E-state index contributed by atoms with van der Waals surface area (Å²) in [6.07, 6.45) is 3.43. The van der Waals surface area contributed by atoms with Crippen molar-refractivity contribution in [2.75, 3.05) is 14.2 Å². The number of aliphatic imine (C=N–C) groups is 1. The average Bonchev–Trinajstić information content (AvgIpc) is 3.11. The van der Waals surface area contributed by atoms with Gasteiger partial charge in [0.15, 0.2) is 0 Å². The van der Waals surface area contributed by atoms with Crippen molar-refractivity contribution in [3.05, 3.63) is 29.3 Å². The van der Waals surface area contributed by atoms with E-state index < -0.39 is 0 Å². The van der Waals surface area contributed by atoms with Gasteiger partial charge in [-0.3, -0.25) is 0 Å². The molecule has 1 saturated carbocycles. The molecule has 1 aliphatic carbocycles. The van der Waals surface area contributed by atoms with Gasteiger partial charge in [0.05, 0.1) is 19.3 Å². The summed E-state index contributed by atoms with van der Waals surface area (Å²) in [6.45, 7) is 0.509. The van der Waals surface area contributed by atoms with Crippen molar-refractivity contribution in [1.29, 1.82) is 0 Å². The Bertz CT molecular complexity index is 460. The lowest BCUT2D eigenvalue weighted by Crippen LogP contribution is -2.08. The first-order valence-electron chi connectivity index (χ1n) is 5.51. The van der Waals surface area contributed by atoms with E-state index in [1.165, 1.54) is 0 Å². The Morgan fingerprint density at radius 2 is 2.18 bits per heavy atom. The molecule has 0 amide bonds. The predicted octanol–water partition coefficient (Wildman–Crippen LogP) is 2.17. The first-order chi connectivity index (χ1) is 8.25. The van der Waals surface area contributed by atoms with Gasteiger partial charge in [-0.05, 0) is 36.1 Å². The second-order valence-corrected chi connectivity index (χ2v) is 4.19. The number of benzene rings is 1. The van der Waals surface area contributed by atoms with Crippen LogP contribution in [0.2, 0.25) is 0 Å². The topological polar surface area (TPSA) is 47.9 Å². The summed E-state index contributed by atoms with van der Waals surface area (Å²) >= 11 is 0. The van der Waals surface area contributed by atoms with Gasteiger partial charge in [-0.1, -0.05) is 6.07 Å². The van der Waals surface area contributed by atoms with Crippen LogP contribution < -0.4 is 4.74 Å². The Labute approximate surface area is 100 Å². The predicted molar refractivity (Wildman–Crippen MR) is 62.7 cm³/mol. The summed E-state index contributed by atoms with van der Waals surface area (Å²) in [5.74, 6) is 0.771. The summed E-state index contributed by atoms with van der Waals surface area (Å²) < 4.78 is 10.4. The molecule has 0 N–H and O–H groups in total. The smallest absolute Gasteiger partial charge is 0.235 e. The number of isocyanates is 1. The molecule has 1 aromatic carbocycles. The zero-order chi connectivity index (χ0) is 12.3. The van der Waals surface area contributed by atoms with Crippen LogP contribution in [0.4, 0.5) is 0 Å². The summed E-state index contributed by atoms with van der Waals surface area (Å²) in [6, 6.07) is 5.78. The first kappa shape index (κ1) is 11.8. The largest absolute Gasteiger partial charge is 0.497 e. The van der Waals surface area contributed by atoms with Gasteiger partial charge in [0.2, 0.25) is 6.08 Å². The lowest BCUT2D eigenvalue weighted by molar-refractivity contribution is 0.183. The number of ether oxygens (including phenoxy) is 2. The number of hydrogen-bond acceptors (Lipinski definition) is 4. The molecule has 1 fully saturated rings. The maximum absolute atomic E-state index is 10.5. The number of hydrogen-bond donors (Lipinski definition) is 0. The first-order valence-corrected chi connectivity index (χ1v) is 5.51. The van der Waals surface area contributed by atoms with Crippen molar-refractivity contribution in [3.63, 3.8) is 0 Å². The standard InChI is InChI=1S/C13H15NO3/c1-16-8-10-3-4-11(17-2)7-12(10)13(5-6-13)14-9-15/h3-4,7H,5-6,8H2,1-2H3. The van der Waals surface area contributed by atoms with Crippen LogP contribution in [0.15, 0.2) is 23.2 Å². The number of carbonyl (C=O) groups excluding carboxylic acids is 1. The molecular weight excluding hydrogens is 218 g/mol. The fourth-order valence-corrected chi connectivity index (χ4v) is 2.04. The van der Waals surface area contributed by atoms with E-state index in [1.54, 1.807) is 20.3 Å². The van der Waals surface area contributed by atoms with Crippen molar-refractivity contribution < 1.29 is 14.3 Å². The van der Waals surface area contributed by atoms with Crippen molar-refractivity contribution in [1.82, 2.24) is 0 Å². The maximum atomic E-state index is 10.5. The van der Waals surface area contributed by atoms with Crippen LogP contribution >= 0.6 is 0 Å². The molecule has 0 aliphatic heterocycles. The number of methoxy groups -OCH3 is 2. The highest BCUT2D eigenvalue weighted by Gasteiger charge is 2.46. The molecule has 0 heterocycles. The third-order valence-corrected chi connectivity index (χ3v) is 3.10. The van der Waals surface area contributed by atoms with Gasteiger partial charge >= 0.3 is 0 Å². The van der Waals surface area contributed by atoms with Crippen LogP contribution in [0.3, 0.4) is 0 Å². The lowest BCUT2D eigenvalue weighted by Gasteiger charge is -2.15.